The number of nitrogens with one attached hydrogen (secondary N) is 1. The van der Waals surface area contributed by atoms with Gasteiger partial charge in [-0.15, -0.1) is 0 Å². The first-order valence-electron chi connectivity index (χ1n) is 6.17. The van der Waals surface area contributed by atoms with Crippen molar-refractivity contribution in [1.82, 2.24) is 15.2 Å². The first-order chi connectivity index (χ1) is 8.42. The molecule has 1 aromatic carbocycles. The van der Waals surface area contributed by atoms with Gasteiger partial charge in [-0.05, 0) is 23.1 Å². The first kappa shape index (κ1) is 10.7. The van der Waals surface area contributed by atoms with Crippen molar-refractivity contribution in [3.63, 3.8) is 0 Å². The topological polar surface area (TPSA) is 28.2 Å². The molecule has 1 aromatic heterocycles. The molecule has 1 aliphatic rings. The van der Waals surface area contributed by atoms with Gasteiger partial charge in [0.1, 0.15) is 0 Å². The summed E-state index contributed by atoms with van der Waals surface area (Å²) in [7, 11) is 0. The summed E-state index contributed by atoms with van der Waals surface area (Å²) in [6, 6.07) is 8.74. The summed E-state index contributed by atoms with van der Waals surface area (Å²) in [6.07, 6.45) is 3.78. The molecule has 3 rings (SSSR count). The fourth-order valence-corrected chi connectivity index (χ4v) is 2.36. The minimum atomic E-state index is 1.06. The zero-order valence-electron chi connectivity index (χ0n) is 9.89. The zero-order chi connectivity index (χ0) is 11.5. The molecule has 17 heavy (non-hydrogen) atoms. The summed E-state index contributed by atoms with van der Waals surface area (Å²) in [5, 5.41) is 5.88. The van der Waals surface area contributed by atoms with Crippen LogP contribution in [0.5, 0.6) is 0 Å². The lowest BCUT2D eigenvalue weighted by Crippen LogP contribution is -2.42. The number of hydrogen-bond donors (Lipinski definition) is 1. The smallest absolute Gasteiger partial charge is 0.0346 e. The molecule has 0 unspecified atom stereocenters. The fraction of sp³-hybridized carbons (Fsp3) is 0.357. The Kier molecular flexibility index (Phi) is 3.03. The lowest BCUT2D eigenvalue weighted by atomic mass is 10.1. The van der Waals surface area contributed by atoms with E-state index in [9.17, 15) is 0 Å². The van der Waals surface area contributed by atoms with Crippen molar-refractivity contribution in [2.45, 2.75) is 6.54 Å². The minimum Gasteiger partial charge on any atom is -0.314 e. The highest BCUT2D eigenvalue weighted by Gasteiger charge is 2.09. The SMILES string of the molecule is c1cc2cc(CN3CCNCC3)ccc2cn1. The minimum absolute atomic E-state index is 1.06. The molecule has 88 valence electrons. The number of benzene rings is 1. The van der Waals surface area contributed by atoms with Crippen LogP contribution in [0.4, 0.5) is 0 Å². The van der Waals surface area contributed by atoms with Crippen LogP contribution in [0.2, 0.25) is 0 Å². The predicted octanol–water partition coefficient (Wildman–Crippen LogP) is 1.64. The third-order valence-electron chi connectivity index (χ3n) is 3.32. The summed E-state index contributed by atoms with van der Waals surface area (Å²) in [5.74, 6) is 0. The largest absolute Gasteiger partial charge is 0.314 e. The molecule has 0 aliphatic carbocycles. The maximum atomic E-state index is 4.14. The lowest BCUT2D eigenvalue weighted by Gasteiger charge is -2.27. The van der Waals surface area contributed by atoms with Gasteiger partial charge in [0.15, 0.2) is 0 Å². The van der Waals surface area contributed by atoms with E-state index in [0.717, 1.165) is 32.7 Å². The number of nitrogens with zero attached hydrogens (tertiary/aromatic N) is 2. The highest BCUT2D eigenvalue weighted by Crippen LogP contribution is 2.15. The summed E-state index contributed by atoms with van der Waals surface area (Å²) < 4.78 is 0. The maximum Gasteiger partial charge on any atom is 0.0346 e. The molecule has 0 spiro atoms. The number of aromatic nitrogens is 1. The highest BCUT2D eigenvalue weighted by atomic mass is 15.2. The van der Waals surface area contributed by atoms with Crippen molar-refractivity contribution < 1.29 is 0 Å². The van der Waals surface area contributed by atoms with Crippen LogP contribution in [0.25, 0.3) is 10.8 Å². The molecule has 1 saturated heterocycles. The van der Waals surface area contributed by atoms with Gasteiger partial charge >= 0.3 is 0 Å². The van der Waals surface area contributed by atoms with E-state index >= 15 is 0 Å². The van der Waals surface area contributed by atoms with E-state index in [-0.39, 0.29) is 0 Å². The molecule has 1 N–H and O–H groups in total. The summed E-state index contributed by atoms with van der Waals surface area (Å²) in [4.78, 5) is 6.64. The maximum absolute atomic E-state index is 4.14. The summed E-state index contributed by atoms with van der Waals surface area (Å²) in [6.45, 7) is 5.57. The number of fused-ring (bicyclic) bond motifs is 1. The Morgan fingerprint density at radius 2 is 2.00 bits per heavy atom. The van der Waals surface area contributed by atoms with Crippen LogP contribution < -0.4 is 5.32 Å². The van der Waals surface area contributed by atoms with Gasteiger partial charge in [-0.25, -0.2) is 0 Å². The van der Waals surface area contributed by atoms with Gasteiger partial charge in [0.25, 0.3) is 0 Å². The van der Waals surface area contributed by atoms with Gasteiger partial charge < -0.3 is 5.32 Å². The fourth-order valence-electron chi connectivity index (χ4n) is 2.36. The van der Waals surface area contributed by atoms with Crippen molar-refractivity contribution in [3.05, 3.63) is 42.2 Å². The standard InChI is InChI=1S/C14H17N3/c1-2-14-10-16-4-3-13(14)9-12(1)11-17-7-5-15-6-8-17/h1-4,9-10,15H,5-8,11H2. The van der Waals surface area contributed by atoms with Crippen molar-refractivity contribution in [2.75, 3.05) is 26.2 Å². The Labute approximate surface area is 101 Å². The van der Waals surface area contributed by atoms with Crippen molar-refractivity contribution >= 4 is 10.8 Å². The summed E-state index contributed by atoms with van der Waals surface area (Å²) in [5.41, 5.74) is 1.39. The van der Waals surface area contributed by atoms with Crippen molar-refractivity contribution in [3.8, 4) is 0 Å². The van der Waals surface area contributed by atoms with E-state index in [1.165, 1.54) is 16.3 Å². The van der Waals surface area contributed by atoms with E-state index in [0.29, 0.717) is 0 Å². The first-order valence-corrected chi connectivity index (χ1v) is 6.17. The zero-order valence-corrected chi connectivity index (χ0v) is 9.89. The normalized spacial score (nSPS) is 17.4. The predicted molar refractivity (Wildman–Crippen MR) is 69.9 cm³/mol. The lowest BCUT2D eigenvalue weighted by molar-refractivity contribution is 0.233. The van der Waals surface area contributed by atoms with Crippen molar-refractivity contribution in [2.24, 2.45) is 0 Å². The van der Waals surface area contributed by atoms with Gasteiger partial charge in [0.2, 0.25) is 0 Å². The van der Waals surface area contributed by atoms with Gasteiger partial charge in [-0.2, -0.15) is 0 Å². The van der Waals surface area contributed by atoms with Crippen LogP contribution in [0.1, 0.15) is 5.56 Å². The van der Waals surface area contributed by atoms with Gasteiger partial charge in [-0.1, -0.05) is 12.1 Å². The second-order valence-corrected chi connectivity index (χ2v) is 4.58. The van der Waals surface area contributed by atoms with Gasteiger partial charge in [0, 0.05) is 50.5 Å². The second kappa shape index (κ2) is 4.82. The molecule has 0 atom stereocenters. The molecular weight excluding hydrogens is 210 g/mol. The molecule has 3 nitrogen and oxygen atoms in total. The Balaban J connectivity index is 1.80. The van der Waals surface area contributed by atoms with E-state index < -0.39 is 0 Å². The number of pyridine rings is 1. The Morgan fingerprint density at radius 3 is 2.88 bits per heavy atom. The van der Waals surface area contributed by atoms with Gasteiger partial charge in [0.05, 0.1) is 0 Å². The highest BCUT2D eigenvalue weighted by molar-refractivity contribution is 5.81. The quantitative estimate of drug-likeness (QED) is 0.845. The molecule has 0 bridgehead atoms. The van der Waals surface area contributed by atoms with Crippen molar-refractivity contribution in [1.29, 1.82) is 0 Å². The van der Waals surface area contributed by atoms with Crippen LogP contribution in [-0.2, 0) is 6.54 Å². The van der Waals surface area contributed by atoms with Crippen LogP contribution >= 0.6 is 0 Å². The third kappa shape index (κ3) is 2.46. The Bertz CT molecular complexity index is 504. The molecule has 3 heteroatoms. The molecule has 2 heterocycles. The molecule has 0 radical (unpaired) electrons. The number of rotatable bonds is 2. The van der Waals surface area contributed by atoms with Crippen LogP contribution in [0, 0.1) is 0 Å². The van der Waals surface area contributed by atoms with E-state index in [2.05, 4.69) is 39.5 Å². The Hall–Kier alpha value is -1.45. The summed E-state index contributed by atoms with van der Waals surface area (Å²) >= 11 is 0. The van der Waals surface area contributed by atoms with Crippen LogP contribution in [0.3, 0.4) is 0 Å². The average Bonchev–Trinajstić information content (AvgIpc) is 2.40. The molecule has 2 aromatic rings. The molecule has 0 amide bonds. The molecule has 0 saturated carbocycles. The van der Waals surface area contributed by atoms with Crippen LogP contribution in [-0.4, -0.2) is 36.1 Å². The van der Waals surface area contributed by atoms with E-state index in [1.54, 1.807) is 0 Å². The molecule has 1 fully saturated rings. The molecular formula is C14H17N3. The number of hydrogen-bond acceptors (Lipinski definition) is 3. The third-order valence-corrected chi connectivity index (χ3v) is 3.32. The average molecular weight is 227 g/mol. The van der Waals surface area contributed by atoms with E-state index in [4.69, 9.17) is 0 Å². The Morgan fingerprint density at radius 1 is 1.12 bits per heavy atom. The second-order valence-electron chi connectivity index (χ2n) is 4.58. The monoisotopic (exact) mass is 227 g/mol. The van der Waals surface area contributed by atoms with E-state index in [1.807, 2.05) is 12.4 Å². The molecule has 1 aliphatic heterocycles. The van der Waals surface area contributed by atoms with Gasteiger partial charge in [-0.3, -0.25) is 9.88 Å². The number of piperazine rings is 1. The van der Waals surface area contributed by atoms with Crippen LogP contribution in [0.15, 0.2) is 36.7 Å².